The number of β-lactam (4-membered cyclic amide) rings is 1. The zero-order valence-corrected chi connectivity index (χ0v) is 9.47. The van der Waals surface area contributed by atoms with Crippen LogP contribution in [0.3, 0.4) is 0 Å². The van der Waals surface area contributed by atoms with Gasteiger partial charge in [-0.1, -0.05) is 48.5 Å². The summed E-state index contributed by atoms with van der Waals surface area (Å²) in [5.41, 5.74) is 3.30. The molecule has 1 saturated heterocycles. The highest BCUT2D eigenvalue weighted by Gasteiger charge is 2.26. The van der Waals surface area contributed by atoms with Gasteiger partial charge in [-0.15, -0.1) is 0 Å². The van der Waals surface area contributed by atoms with Crippen molar-refractivity contribution in [2.24, 2.45) is 0 Å². The van der Waals surface area contributed by atoms with Crippen LogP contribution in [0.5, 0.6) is 0 Å². The molecule has 0 radical (unpaired) electrons. The Bertz CT molecular complexity index is 548. The highest BCUT2D eigenvalue weighted by Crippen LogP contribution is 2.33. The summed E-state index contributed by atoms with van der Waals surface area (Å²) < 4.78 is 0. The fourth-order valence-corrected chi connectivity index (χ4v) is 2.14. The number of benzene rings is 2. The number of anilines is 1. The monoisotopic (exact) mass is 223 g/mol. The highest BCUT2D eigenvalue weighted by atomic mass is 16.2. The van der Waals surface area contributed by atoms with E-state index in [0.717, 1.165) is 23.4 Å². The van der Waals surface area contributed by atoms with Gasteiger partial charge in [0, 0.05) is 18.5 Å². The van der Waals surface area contributed by atoms with E-state index in [1.54, 1.807) is 0 Å². The molecule has 2 aromatic rings. The normalized spacial score (nSPS) is 14.6. The molecule has 0 atom stereocenters. The number of rotatable bonds is 2. The van der Waals surface area contributed by atoms with Gasteiger partial charge in [0.25, 0.3) is 0 Å². The molecule has 1 aliphatic rings. The molecule has 0 bridgehead atoms. The Morgan fingerprint density at radius 3 is 2.24 bits per heavy atom. The van der Waals surface area contributed by atoms with Gasteiger partial charge < -0.3 is 4.90 Å². The number of nitrogens with zero attached hydrogens (tertiary/aromatic N) is 1. The third-order valence-electron chi connectivity index (χ3n) is 3.13. The standard InChI is InChI=1S/C15H13NO/c17-15-10-11-16(15)14-9-5-4-8-13(14)12-6-2-1-3-7-12/h1-9H,10-11H2. The van der Waals surface area contributed by atoms with Crippen LogP contribution in [-0.2, 0) is 4.79 Å². The Morgan fingerprint density at radius 2 is 1.59 bits per heavy atom. The molecule has 1 amide bonds. The molecule has 0 aliphatic carbocycles. The van der Waals surface area contributed by atoms with Crippen LogP contribution in [-0.4, -0.2) is 12.5 Å². The summed E-state index contributed by atoms with van der Waals surface area (Å²) in [7, 11) is 0. The number of hydrogen-bond donors (Lipinski definition) is 0. The smallest absolute Gasteiger partial charge is 0.228 e. The number of amides is 1. The molecule has 0 spiro atoms. The van der Waals surface area contributed by atoms with Crippen molar-refractivity contribution < 1.29 is 4.79 Å². The molecule has 0 aromatic heterocycles. The van der Waals surface area contributed by atoms with Crippen molar-refractivity contribution in [1.29, 1.82) is 0 Å². The van der Waals surface area contributed by atoms with Crippen LogP contribution in [0, 0.1) is 0 Å². The first-order chi connectivity index (χ1) is 8.36. The molecule has 1 fully saturated rings. The zero-order valence-electron chi connectivity index (χ0n) is 9.47. The fraction of sp³-hybridized carbons (Fsp3) is 0.133. The van der Waals surface area contributed by atoms with Gasteiger partial charge in [0.15, 0.2) is 0 Å². The maximum atomic E-state index is 11.5. The predicted molar refractivity (Wildman–Crippen MR) is 68.8 cm³/mol. The number of carbonyl (C=O) groups is 1. The molecule has 0 unspecified atom stereocenters. The van der Waals surface area contributed by atoms with Crippen molar-refractivity contribution in [2.75, 3.05) is 11.4 Å². The topological polar surface area (TPSA) is 20.3 Å². The van der Waals surface area contributed by atoms with E-state index in [4.69, 9.17) is 0 Å². The summed E-state index contributed by atoms with van der Waals surface area (Å²) in [5, 5.41) is 0. The number of para-hydroxylation sites is 1. The molecule has 2 heteroatoms. The Hall–Kier alpha value is -2.09. The van der Waals surface area contributed by atoms with Gasteiger partial charge in [0.1, 0.15) is 0 Å². The Morgan fingerprint density at radius 1 is 0.882 bits per heavy atom. The van der Waals surface area contributed by atoms with E-state index in [1.807, 2.05) is 41.3 Å². The van der Waals surface area contributed by atoms with E-state index in [2.05, 4.69) is 18.2 Å². The second-order valence-corrected chi connectivity index (χ2v) is 4.18. The molecular weight excluding hydrogens is 210 g/mol. The lowest BCUT2D eigenvalue weighted by Crippen LogP contribution is -2.43. The lowest BCUT2D eigenvalue weighted by atomic mass is 10.0. The van der Waals surface area contributed by atoms with Gasteiger partial charge in [-0.2, -0.15) is 0 Å². The highest BCUT2D eigenvalue weighted by molar-refractivity contribution is 6.02. The molecule has 2 nitrogen and oxygen atoms in total. The lowest BCUT2D eigenvalue weighted by Gasteiger charge is -2.32. The Labute approximate surface area is 100 Å². The molecule has 2 aromatic carbocycles. The molecule has 17 heavy (non-hydrogen) atoms. The minimum atomic E-state index is 0.216. The van der Waals surface area contributed by atoms with Crippen LogP contribution >= 0.6 is 0 Å². The van der Waals surface area contributed by atoms with Gasteiger partial charge in [0.05, 0.1) is 5.69 Å². The average Bonchev–Trinajstić information content (AvgIpc) is 2.39. The van der Waals surface area contributed by atoms with Crippen molar-refractivity contribution in [3.63, 3.8) is 0 Å². The van der Waals surface area contributed by atoms with Crippen LogP contribution in [0.25, 0.3) is 11.1 Å². The molecule has 1 aliphatic heterocycles. The Kier molecular flexibility index (Phi) is 2.41. The third kappa shape index (κ3) is 1.72. The minimum absolute atomic E-state index is 0.216. The third-order valence-corrected chi connectivity index (χ3v) is 3.13. The van der Waals surface area contributed by atoms with Gasteiger partial charge in [-0.25, -0.2) is 0 Å². The predicted octanol–water partition coefficient (Wildman–Crippen LogP) is 3.09. The van der Waals surface area contributed by atoms with E-state index in [-0.39, 0.29) is 5.91 Å². The van der Waals surface area contributed by atoms with Crippen molar-refractivity contribution in [3.05, 3.63) is 54.6 Å². The summed E-state index contributed by atoms with van der Waals surface area (Å²) >= 11 is 0. The quantitative estimate of drug-likeness (QED) is 0.716. The molecule has 0 saturated carbocycles. The largest absolute Gasteiger partial charge is 0.311 e. The van der Waals surface area contributed by atoms with Crippen LogP contribution in [0.15, 0.2) is 54.6 Å². The summed E-state index contributed by atoms with van der Waals surface area (Å²) in [5.74, 6) is 0.216. The minimum Gasteiger partial charge on any atom is -0.311 e. The maximum absolute atomic E-state index is 11.5. The van der Waals surface area contributed by atoms with Gasteiger partial charge in [-0.3, -0.25) is 4.79 Å². The van der Waals surface area contributed by atoms with E-state index < -0.39 is 0 Å². The second-order valence-electron chi connectivity index (χ2n) is 4.18. The van der Waals surface area contributed by atoms with Crippen LogP contribution in [0.4, 0.5) is 5.69 Å². The molecule has 84 valence electrons. The SMILES string of the molecule is O=C1CCN1c1ccccc1-c1ccccc1. The first-order valence-corrected chi connectivity index (χ1v) is 5.81. The maximum Gasteiger partial charge on any atom is 0.228 e. The number of carbonyl (C=O) groups excluding carboxylic acids is 1. The Balaban J connectivity index is 2.08. The molecule has 1 heterocycles. The summed E-state index contributed by atoms with van der Waals surface area (Å²) in [6.45, 7) is 0.836. The summed E-state index contributed by atoms with van der Waals surface area (Å²) in [4.78, 5) is 13.4. The summed E-state index contributed by atoms with van der Waals surface area (Å²) in [6, 6.07) is 18.3. The summed E-state index contributed by atoms with van der Waals surface area (Å²) in [6.07, 6.45) is 0.670. The van der Waals surface area contributed by atoms with E-state index in [1.165, 1.54) is 0 Å². The van der Waals surface area contributed by atoms with Crippen molar-refractivity contribution in [2.45, 2.75) is 6.42 Å². The fourth-order valence-electron chi connectivity index (χ4n) is 2.14. The zero-order chi connectivity index (χ0) is 11.7. The van der Waals surface area contributed by atoms with E-state index in [9.17, 15) is 4.79 Å². The van der Waals surface area contributed by atoms with Gasteiger partial charge in [0.2, 0.25) is 5.91 Å². The van der Waals surface area contributed by atoms with Gasteiger partial charge >= 0.3 is 0 Å². The molecular formula is C15H13NO. The van der Waals surface area contributed by atoms with Crippen LogP contribution < -0.4 is 4.90 Å². The van der Waals surface area contributed by atoms with Crippen molar-refractivity contribution in [3.8, 4) is 11.1 Å². The number of hydrogen-bond acceptors (Lipinski definition) is 1. The van der Waals surface area contributed by atoms with Crippen molar-refractivity contribution in [1.82, 2.24) is 0 Å². The first-order valence-electron chi connectivity index (χ1n) is 5.81. The van der Waals surface area contributed by atoms with Crippen LogP contribution in [0.1, 0.15) is 6.42 Å². The molecule has 3 rings (SSSR count). The molecule has 0 N–H and O–H groups in total. The second kappa shape index (κ2) is 4.06. The first kappa shape index (κ1) is 10.1. The van der Waals surface area contributed by atoms with Gasteiger partial charge in [-0.05, 0) is 11.6 Å². The average molecular weight is 223 g/mol. The van der Waals surface area contributed by atoms with E-state index in [0.29, 0.717) is 6.42 Å². The van der Waals surface area contributed by atoms with Crippen LogP contribution in [0.2, 0.25) is 0 Å². The lowest BCUT2D eigenvalue weighted by molar-refractivity contribution is -0.122. The van der Waals surface area contributed by atoms with E-state index >= 15 is 0 Å². The van der Waals surface area contributed by atoms with Crippen molar-refractivity contribution >= 4 is 11.6 Å².